The predicted molar refractivity (Wildman–Crippen MR) is 77.8 cm³/mol. The lowest BCUT2D eigenvalue weighted by molar-refractivity contribution is 0.901. The Hall–Kier alpha value is -1.88. The van der Waals surface area contributed by atoms with Crippen LogP contribution in [-0.2, 0) is 0 Å². The molecule has 0 saturated heterocycles. The molecule has 0 radical (unpaired) electrons. The zero-order valence-corrected chi connectivity index (χ0v) is 12.0. The van der Waals surface area contributed by atoms with Crippen LogP contribution in [0.4, 0.5) is 0 Å². The van der Waals surface area contributed by atoms with Crippen LogP contribution >= 0.6 is 11.8 Å². The lowest BCUT2D eigenvalue weighted by atomic mass is 10.1. The molecule has 0 aliphatic rings. The Balaban J connectivity index is 2.45. The number of amidine groups is 1. The Morgan fingerprint density at radius 1 is 1.16 bits per heavy atom. The molecular formula is C14H16N4S. The van der Waals surface area contributed by atoms with Crippen molar-refractivity contribution in [2.45, 2.75) is 30.8 Å². The molecule has 1 heterocycles. The highest BCUT2D eigenvalue weighted by Crippen LogP contribution is 2.31. The number of benzene rings is 1. The molecule has 0 fully saturated rings. The SMILES string of the molecule is Cc1cc(C)nc(Sc2c(C)cccc2C(=N)N)n1. The lowest BCUT2D eigenvalue weighted by Crippen LogP contribution is -2.12. The van der Waals surface area contributed by atoms with Crippen molar-refractivity contribution in [1.29, 1.82) is 5.41 Å². The third-order valence-corrected chi connectivity index (χ3v) is 3.77. The zero-order valence-electron chi connectivity index (χ0n) is 11.2. The average Bonchev–Trinajstić information content (AvgIpc) is 2.30. The van der Waals surface area contributed by atoms with E-state index >= 15 is 0 Å². The van der Waals surface area contributed by atoms with Crippen LogP contribution in [0.3, 0.4) is 0 Å². The third kappa shape index (κ3) is 3.12. The molecular weight excluding hydrogens is 256 g/mol. The van der Waals surface area contributed by atoms with E-state index in [4.69, 9.17) is 11.1 Å². The Morgan fingerprint density at radius 3 is 2.37 bits per heavy atom. The summed E-state index contributed by atoms with van der Waals surface area (Å²) in [5, 5.41) is 8.34. The van der Waals surface area contributed by atoms with Crippen LogP contribution in [0.15, 0.2) is 34.3 Å². The first-order valence-corrected chi connectivity index (χ1v) is 6.73. The second kappa shape index (κ2) is 5.40. The molecule has 2 rings (SSSR count). The molecule has 0 aliphatic carbocycles. The smallest absolute Gasteiger partial charge is 0.192 e. The average molecular weight is 272 g/mol. The first kappa shape index (κ1) is 13.5. The summed E-state index contributed by atoms with van der Waals surface area (Å²) in [6, 6.07) is 7.68. The maximum absolute atomic E-state index is 7.65. The van der Waals surface area contributed by atoms with Crippen LogP contribution in [0.25, 0.3) is 0 Å². The quantitative estimate of drug-likeness (QED) is 0.512. The summed E-state index contributed by atoms with van der Waals surface area (Å²) in [7, 11) is 0. The standard InChI is InChI=1S/C14H16N4S/c1-8-5-4-6-11(13(15)16)12(8)19-14-17-9(2)7-10(3)18-14/h4-7H,1-3H3,(H3,15,16). The predicted octanol–water partition coefficient (Wildman–Crippen LogP) is 2.84. The molecule has 0 aliphatic heterocycles. The van der Waals surface area contributed by atoms with E-state index in [-0.39, 0.29) is 5.84 Å². The fourth-order valence-electron chi connectivity index (χ4n) is 1.83. The van der Waals surface area contributed by atoms with Gasteiger partial charge in [0.05, 0.1) is 0 Å². The summed E-state index contributed by atoms with van der Waals surface area (Å²) in [5.41, 5.74) is 9.30. The van der Waals surface area contributed by atoms with Gasteiger partial charge in [-0.15, -0.1) is 0 Å². The fraction of sp³-hybridized carbons (Fsp3) is 0.214. The number of rotatable bonds is 3. The maximum Gasteiger partial charge on any atom is 0.192 e. The zero-order chi connectivity index (χ0) is 14.0. The molecule has 0 amide bonds. The Kier molecular flexibility index (Phi) is 3.85. The van der Waals surface area contributed by atoms with Gasteiger partial charge in [0.2, 0.25) is 0 Å². The van der Waals surface area contributed by atoms with Crippen molar-refractivity contribution in [2.75, 3.05) is 0 Å². The molecule has 19 heavy (non-hydrogen) atoms. The van der Waals surface area contributed by atoms with Crippen LogP contribution in [0.2, 0.25) is 0 Å². The molecule has 2 aromatic rings. The topological polar surface area (TPSA) is 75.7 Å². The van der Waals surface area contributed by atoms with Crippen molar-refractivity contribution in [3.63, 3.8) is 0 Å². The lowest BCUT2D eigenvalue weighted by Gasteiger charge is -2.10. The second-order valence-corrected chi connectivity index (χ2v) is 5.38. The summed E-state index contributed by atoms with van der Waals surface area (Å²) in [6.45, 7) is 5.89. The highest BCUT2D eigenvalue weighted by molar-refractivity contribution is 7.99. The highest BCUT2D eigenvalue weighted by atomic mass is 32.2. The Morgan fingerprint density at radius 2 is 1.79 bits per heavy atom. The number of nitrogens with one attached hydrogen (secondary N) is 1. The van der Waals surface area contributed by atoms with E-state index in [2.05, 4.69) is 9.97 Å². The minimum Gasteiger partial charge on any atom is -0.384 e. The van der Waals surface area contributed by atoms with E-state index in [0.717, 1.165) is 27.4 Å². The van der Waals surface area contributed by atoms with Crippen molar-refractivity contribution >= 4 is 17.6 Å². The van der Waals surface area contributed by atoms with Crippen molar-refractivity contribution in [3.05, 3.63) is 46.8 Å². The molecule has 0 unspecified atom stereocenters. The third-order valence-electron chi connectivity index (χ3n) is 2.66. The Labute approximate surface area is 117 Å². The highest BCUT2D eigenvalue weighted by Gasteiger charge is 2.11. The number of nitrogens with two attached hydrogens (primary N) is 1. The van der Waals surface area contributed by atoms with Gasteiger partial charge < -0.3 is 5.73 Å². The molecule has 3 N–H and O–H groups in total. The van der Waals surface area contributed by atoms with E-state index in [1.807, 2.05) is 45.0 Å². The summed E-state index contributed by atoms with van der Waals surface area (Å²) in [4.78, 5) is 9.77. The van der Waals surface area contributed by atoms with Gasteiger partial charge in [0.15, 0.2) is 5.16 Å². The van der Waals surface area contributed by atoms with Gasteiger partial charge in [-0.2, -0.15) is 0 Å². The number of nitrogens with zero attached hydrogens (tertiary/aromatic N) is 2. The van der Waals surface area contributed by atoms with Gasteiger partial charge >= 0.3 is 0 Å². The van der Waals surface area contributed by atoms with E-state index in [1.54, 1.807) is 0 Å². The van der Waals surface area contributed by atoms with Gasteiger partial charge in [0.25, 0.3) is 0 Å². The van der Waals surface area contributed by atoms with E-state index in [9.17, 15) is 0 Å². The number of hydrogen-bond acceptors (Lipinski definition) is 4. The van der Waals surface area contributed by atoms with E-state index in [0.29, 0.717) is 5.16 Å². The number of aromatic nitrogens is 2. The number of aryl methyl sites for hydroxylation is 3. The monoisotopic (exact) mass is 272 g/mol. The minimum atomic E-state index is 0.0653. The van der Waals surface area contributed by atoms with E-state index < -0.39 is 0 Å². The largest absolute Gasteiger partial charge is 0.384 e. The molecule has 0 spiro atoms. The molecule has 0 bridgehead atoms. The van der Waals surface area contributed by atoms with Crippen molar-refractivity contribution in [2.24, 2.45) is 5.73 Å². The minimum absolute atomic E-state index is 0.0653. The van der Waals surface area contributed by atoms with Crippen molar-refractivity contribution < 1.29 is 0 Å². The first-order chi connectivity index (χ1) is 8.97. The molecule has 1 aromatic carbocycles. The molecule has 0 atom stereocenters. The van der Waals surface area contributed by atoms with Crippen LogP contribution in [0, 0.1) is 26.2 Å². The summed E-state index contributed by atoms with van der Waals surface area (Å²) < 4.78 is 0. The van der Waals surface area contributed by atoms with Crippen LogP contribution in [0.1, 0.15) is 22.5 Å². The molecule has 98 valence electrons. The molecule has 5 heteroatoms. The number of hydrogen-bond donors (Lipinski definition) is 2. The maximum atomic E-state index is 7.65. The Bertz CT molecular complexity index is 617. The van der Waals surface area contributed by atoms with Crippen molar-refractivity contribution in [1.82, 2.24) is 9.97 Å². The van der Waals surface area contributed by atoms with Gasteiger partial charge in [0, 0.05) is 21.8 Å². The number of nitrogen functional groups attached to an aromatic ring is 1. The molecule has 1 aromatic heterocycles. The van der Waals surface area contributed by atoms with Gasteiger partial charge in [-0.25, -0.2) is 9.97 Å². The summed E-state index contributed by atoms with van der Waals surface area (Å²) >= 11 is 1.45. The fourth-order valence-corrected chi connectivity index (χ4v) is 2.91. The summed E-state index contributed by atoms with van der Waals surface area (Å²) in [6.07, 6.45) is 0. The van der Waals surface area contributed by atoms with Gasteiger partial charge in [-0.3, -0.25) is 5.41 Å². The van der Waals surface area contributed by atoms with Crippen molar-refractivity contribution in [3.8, 4) is 0 Å². The van der Waals surface area contributed by atoms with Gasteiger partial charge in [-0.05, 0) is 44.2 Å². The van der Waals surface area contributed by atoms with Gasteiger partial charge in [-0.1, -0.05) is 18.2 Å². The normalized spacial score (nSPS) is 10.5. The van der Waals surface area contributed by atoms with Crippen LogP contribution in [-0.4, -0.2) is 15.8 Å². The van der Waals surface area contributed by atoms with Gasteiger partial charge in [0.1, 0.15) is 5.84 Å². The first-order valence-electron chi connectivity index (χ1n) is 5.91. The molecule has 0 saturated carbocycles. The summed E-state index contributed by atoms with van der Waals surface area (Å²) in [5.74, 6) is 0.0653. The molecule has 4 nitrogen and oxygen atoms in total. The van der Waals surface area contributed by atoms with E-state index in [1.165, 1.54) is 11.8 Å². The second-order valence-electron chi connectivity index (χ2n) is 4.40. The van der Waals surface area contributed by atoms with Crippen LogP contribution in [0.5, 0.6) is 0 Å². The van der Waals surface area contributed by atoms with Crippen LogP contribution < -0.4 is 5.73 Å².